The van der Waals surface area contributed by atoms with Crippen molar-refractivity contribution < 1.29 is 8.42 Å². The van der Waals surface area contributed by atoms with E-state index in [4.69, 9.17) is 0 Å². The van der Waals surface area contributed by atoms with Gasteiger partial charge < -0.3 is 10.3 Å². The smallest absolute Gasteiger partial charge is 0.241 e. The van der Waals surface area contributed by atoms with Crippen molar-refractivity contribution in [1.29, 1.82) is 0 Å². The summed E-state index contributed by atoms with van der Waals surface area (Å²) in [7, 11) is -3.56. The van der Waals surface area contributed by atoms with Crippen molar-refractivity contribution in [3.63, 3.8) is 0 Å². The van der Waals surface area contributed by atoms with Crippen LogP contribution in [-0.4, -0.2) is 24.9 Å². The monoisotopic (exact) mass is 306 g/mol. The first kappa shape index (κ1) is 14.1. The molecule has 0 bridgehead atoms. The SMILES string of the molecule is CCC(NS(=O)(=O)c1ccc2c(c1)CCN2)c1ncc[nH]1. The van der Waals surface area contributed by atoms with E-state index in [9.17, 15) is 8.42 Å². The molecule has 7 heteroatoms. The average molecular weight is 306 g/mol. The molecule has 1 aromatic carbocycles. The van der Waals surface area contributed by atoms with Crippen LogP contribution in [-0.2, 0) is 16.4 Å². The van der Waals surface area contributed by atoms with E-state index in [-0.39, 0.29) is 6.04 Å². The van der Waals surface area contributed by atoms with E-state index >= 15 is 0 Å². The molecule has 2 aromatic rings. The van der Waals surface area contributed by atoms with Crippen molar-refractivity contribution in [3.05, 3.63) is 42.0 Å². The van der Waals surface area contributed by atoms with Crippen molar-refractivity contribution >= 4 is 15.7 Å². The van der Waals surface area contributed by atoms with E-state index in [2.05, 4.69) is 20.0 Å². The Bertz CT molecular complexity index is 725. The van der Waals surface area contributed by atoms with Gasteiger partial charge in [-0.1, -0.05) is 6.92 Å². The molecule has 1 unspecified atom stereocenters. The molecule has 21 heavy (non-hydrogen) atoms. The Morgan fingerprint density at radius 2 is 2.29 bits per heavy atom. The van der Waals surface area contributed by atoms with Gasteiger partial charge in [0.25, 0.3) is 0 Å². The predicted molar refractivity (Wildman–Crippen MR) is 80.6 cm³/mol. The van der Waals surface area contributed by atoms with Crippen molar-refractivity contribution in [1.82, 2.24) is 14.7 Å². The Balaban J connectivity index is 1.86. The van der Waals surface area contributed by atoms with Gasteiger partial charge in [0, 0.05) is 24.6 Å². The molecular weight excluding hydrogens is 288 g/mol. The van der Waals surface area contributed by atoms with E-state index in [1.54, 1.807) is 24.5 Å². The van der Waals surface area contributed by atoms with Crippen LogP contribution < -0.4 is 10.0 Å². The molecule has 3 N–H and O–H groups in total. The van der Waals surface area contributed by atoms with Crippen LogP contribution in [0.4, 0.5) is 5.69 Å². The maximum absolute atomic E-state index is 12.5. The van der Waals surface area contributed by atoms with Crippen molar-refractivity contribution in [2.24, 2.45) is 0 Å². The maximum atomic E-state index is 12.5. The molecule has 1 aromatic heterocycles. The van der Waals surface area contributed by atoms with Crippen LogP contribution in [0.25, 0.3) is 0 Å². The van der Waals surface area contributed by atoms with Crippen molar-refractivity contribution in [2.45, 2.75) is 30.7 Å². The van der Waals surface area contributed by atoms with Gasteiger partial charge in [0.1, 0.15) is 5.82 Å². The number of hydrogen-bond acceptors (Lipinski definition) is 4. The average Bonchev–Trinajstić information content (AvgIpc) is 3.14. The third kappa shape index (κ3) is 2.79. The highest BCUT2D eigenvalue weighted by Gasteiger charge is 2.23. The van der Waals surface area contributed by atoms with Crippen LogP contribution in [0.1, 0.15) is 30.8 Å². The molecule has 0 fully saturated rings. The standard InChI is InChI=1S/C14H18N4O2S/c1-2-12(14-16-7-8-17-14)18-21(19,20)11-3-4-13-10(9-11)5-6-15-13/h3-4,7-9,12,15,18H,2,5-6H2,1H3,(H,16,17). The Kier molecular flexibility index (Phi) is 3.69. The van der Waals surface area contributed by atoms with E-state index in [0.29, 0.717) is 17.1 Å². The van der Waals surface area contributed by atoms with E-state index in [1.807, 2.05) is 13.0 Å². The number of rotatable bonds is 5. The second-order valence-corrected chi connectivity index (χ2v) is 6.77. The molecule has 6 nitrogen and oxygen atoms in total. The van der Waals surface area contributed by atoms with Gasteiger partial charge in [-0.05, 0) is 36.6 Å². The summed E-state index contributed by atoms with van der Waals surface area (Å²) in [4.78, 5) is 7.39. The summed E-state index contributed by atoms with van der Waals surface area (Å²) in [6.45, 7) is 2.78. The first-order chi connectivity index (χ1) is 10.1. The predicted octanol–water partition coefficient (Wildman–Crippen LogP) is 1.81. The highest BCUT2D eigenvalue weighted by atomic mass is 32.2. The van der Waals surface area contributed by atoms with Gasteiger partial charge in [0.2, 0.25) is 10.0 Å². The Hall–Kier alpha value is -1.86. The van der Waals surface area contributed by atoms with Crippen LogP contribution in [0.3, 0.4) is 0 Å². The molecule has 0 radical (unpaired) electrons. The number of aromatic amines is 1. The molecule has 112 valence electrons. The maximum Gasteiger partial charge on any atom is 0.241 e. The van der Waals surface area contributed by atoms with Crippen LogP contribution in [0.2, 0.25) is 0 Å². The fraction of sp³-hybridized carbons (Fsp3) is 0.357. The van der Waals surface area contributed by atoms with Gasteiger partial charge in [-0.15, -0.1) is 0 Å². The number of fused-ring (bicyclic) bond motifs is 1. The zero-order chi connectivity index (χ0) is 14.9. The van der Waals surface area contributed by atoms with Crippen LogP contribution in [0.5, 0.6) is 0 Å². The minimum absolute atomic E-state index is 0.301. The molecule has 0 saturated carbocycles. The summed E-state index contributed by atoms with van der Waals surface area (Å²) in [6, 6.07) is 4.85. The molecule has 2 heterocycles. The lowest BCUT2D eigenvalue weighted by molar-refractivity contribution is 0.539. The Morgan fingerprint density at radius 1 is 1.43 bits per heavy atom. The summed E-state index contributed by atoms with van der Waals surface area (Å²) in [5.74, 6) is 0.629. The number of hydrogen-bond donors (Lipinski definition) is 3. The number of benzene rings is 1. The van der Waals surface area contributed by atoms with Gasteiger partial charge in [-0.25, -0.2) is 18.1 Å². The Labute approximate surface area is 124 Å². The number of anilines is 1. The number of H-pyrrole nitrogens is 1. The van der Waals surface area contributed by atoms with Crippen molar-refractivity contribution in [3.8, 4) is 0 Å². The number of sulfonamides is 1. The van der Waals surface area contributed by atoms with E-state index in [1.165, 1.54) is 0 Å². The molecule has 0 amide bonds. The molecular formula is C14H18N4O2S. The lowest BCUT2D eigenvalue weighted by Gasteiger charge is -2.15. The highest BCUT2D eigenvalue weighted by molar-refractivity contribution is 7.89. The quantitative estimate of drug-likeness (QED) is 0.786. The summed E-state index contributed by atoms with van der Waals surface area (Å²) in [5.41, 5.74) is 2.07. The number of imidazole rings is 1. The second kappa shape index (κ2) is 5.50. The number of nitrogens with one attached hydrogen (secondary N) is 3. The topological polar surface area (TPSA) is 86.9 Å². The number of nitrogens with zero attached hydrogens (tertiary/aromatic N) is 1. The summed E-state index contributed by atoms with van der Waals surface area (Å²) >= 11 is 0. The molecule has 1 aliphatic heterocycles. The zero-order valence-corrected chi connectivity index (χ0v) is 12.6. The first-order valence-corrected chi connectivity index (χ1v) is 8.47. The third-order valence-corrected chi connectivity index (χ3v) is 5.12. The third-order valence-electron chi connectivity index (χ3n) is 3.65. The normalized spacial score (nSPS) is 15.5. The largest absolute Gasteiger partial charge is 0.384 e. The van der Waals surface area contributed by atoms with Crippen LogP contribution >= 0.6 is 0 Å². The molecule has 1 atom stereocenters. The molecule has 1 aliphatic rings. The molecule has 0 spiro atoms. The lowest BCUT2D eigenvalue weighted by Crippen LogP contribution is -2.29. The molecule has 3 rings (SSSR count). The van der Waals surface area contributed by atoms with Gasteiger partial charge in [-0.3, -0.25) is 0 Å². The van der Waals surface area contributed by atoms with Crippen LogP contribution in [0.15, 0.2) is 35.5 Å². The fourth-order valence-corrected chi connectivity index (χ4v) is 3.84. The first-order valence-electron chi connectivity index (χ1n) is 6.98. The van der Waals surface area contributed by atoms with Crippen LogP contribution in [0, 0.1) is 0 Å². The van der Waals surface area contributed by atoms with Gasteiger partial charge in [0.15, 0.2) is 0 Å². The highest BCUT2D eigenvalue weighted by Crippen LogP contribution is 2.26. The van der Waals surface area contributed by atoms with E-state index < -0.39 is 10.0 Å². The summed E-state index contributed by atoms with van der Waals surface area (Å²) in [6.07, 6.45) is 4.79. The fourth-order valence-electron chi connectivity index (χ4n) is 2.50. The zero-order valence-electron chi connectivity index (χ0n) is 11.8. The number of aromatic nitrogens is 2. The van der Waals surface area contributed by atoms with E-state index in [0.717, 1.165) is 24.2 Å². The summed E-state index contributed by atoms with van der Waals surface area (Å²) in [5, 5.41) is 3.22. The summed E-state index contributed by atoms with van der Waals surface area (Å²) < 4.78 is 27.8. The Morgan fingerprint density at radius 3 is 3.00 bits per heavy atom. The lowest BCUT2D eigenvalue weighted by atomic mass is 10.2. The van der Waals surface area contributed by atoms with Crippen molar-refractivity contribution in [2.75, 3.05) is 11.9 Å². The second-order valence-electron chi connectivity index (χ2n) is 5.05. The molecule has 0 aliphatic carbocycles. The van der Waals surface area contributed by atoms with Gasteiger partial charge in [0.05, 0.1) is 10.9 Å². The van der Waals surface area contributed by atoms with Gasteiger partial charge in [-0.2, -0.15) is 0 Å². The minimum Gasteiger partial charge on any atom is -0.384 e. The van der Waals surface area contributed by atoms with Gasteiger partial charge >= 0.3 is 0 Å². The molecule has 0 saturated heterocycles. The minimum atomic E-state index is -3.56.